The molecule has 1 unspecified atom stereocenters. The molecule has 2 aromatic rings. The van der Waals surface area contributed by atoms with Crippen LogP contribution in [0.3, 0.4) is 0 Å². The van der Waals surface area contributed by atoms with E-state index in [1.54, 1.807) is 7.11 Å². The summed E-state index contributed by atoms with van der Waals surface area (Å²) in [6.07, 6.45) is 1.57. The first kappa shape index (κ1) is 19.9. The van der Waals surface area contributed by atoms with E-state index in [0.717, 1.165) is 29.8 Å². The van der Waals surface area contributed by atoms with Gasteiger partial charge >= 0.3 is 0 Å². The summed E-state index contributed by atoms with van der Waals surface area (Å²) in [6.45, 7) is 5.61. The van der Waals surface area contributed by atoms with Crippen molar-refractivity contribution in [1.82, 2.24) is 10.2 Å². The van der Waals surface area contributed by atoms with Crippen LogP contribution in [0.5, 0.6) is 5.75 Å². The van der Waals surface area contributed by atoms with Crippen LogP contribution in [0.1, 0.15) is 54.2 Å². The molecule has 0 bridgehead atoms. The van der Waals surface area contributed by atoms with E-state index >= 15 is 0 Å². The lowest BCUT2D eigenvalue weighted by Crippen LogP contribution is -2.31. The normalized spacial score (nSPS) is 15.0. The standard InChI is InChI=1S/C23H28N2O3/c1-16(2)22(18-10-12-20(28-3)13-11-18)24-23(27)19-8-6-17(7-9-19)15-25-14-4-5-21(25)26/h6-13,16,22H,4-5,14-15H2,1-3H3,(H,24,27). The maximum Gasteiger partial charge on any atom is 0.251 e. The summed E-state index contributed by atoms with van der Waals surface area (Å²) in [5, 5.41) is 3.14. The summed E-state index contributed by atoms with van der Waals surface area (Å²) in [7, 11) is 1.64. The van der Waals surface area contributed by atoms with Crippen LogP contribution < -0.4 is 10.1 Å². The molecule has 1 atom stereocenters. The highest BCUT2D eigenvalue weighted by Crippen LogP contribution is 2.24. The summed E-state index contributed by atoms with van der Waals surface area (Å²) >= 11 is 0. The van der Waals surface area contributed by atoms with Crippen molar-refractivity contribution in [3.63, 3.8) is 0 Å². The zero-order valence-electron chi connectivity index (χ0n) is 16.8. The quantitative estimate of drug-likeness (QED) is 0.791. The van der Waals surface area contributed by atoms with Crippen LogP contribution in [0.15, 0.2) is 48.5 Å². The van der Waals surface area contributed by atoms with Gasteiger partial charge in [0.05, 0.1) is 13.2 Å². The van der Waals surface area contributed by atoms with Gasteiger partial charge in [-0.1, -0.05) is 38.1 Å². The molecular weight excluding hydrogens is 352 g/mol. The molecule has 0 aliphatic carbocycles. The number of nitrogens with zero attached hydrogens (tertiary/aromatic N) is 1. The SMILES string of the molecule is COc1ccc(C(NC(=O)c2ccc(CN3CCCC3=O)cc2)C(C)C)cc1. The second-order valence-electron chi connectivity index (χ2n) is 7.58. The molecule has 1 N–H and O–H groups in total. The van der Waals surface area contributed by atoms with E-state index < -0.39 is 0 Å². The van der Waals surface area contributed by atoms with Crippen LogP contribution >= 0.6 is 0 Å². The van der Waals surface area contributed by atoms with E-state index in [1.807, 2.05) is 53.4 Å². The van der Waals surface area contributed by atoms with Crippen LogP contribution in [0.2, 0.25) is 0 Å². The Bertz CT molecular complexity index is 813. The number of likely N-dealkylation sites (tertiary alicyclic amines) is 1. The van der Waals surface area contributed by atoms with Gasteiger partial charge in [0.1, 0.15) is 5.75 Å². The van der Waals surface area contributed by atoms with Crippen LogP contribution in [0.25, 0.3) is 0 Å². The van der Waals surface area contributed by atoms with Crippen molar-refractivity contribution < 1.29 is 14.3 Å². The number of rotatable bonds is 7. The molecule has 0 aromatic heterocycles. The number of hydrogen-bond donors (Lipinski definition) is 1. The highest BCUT2D eigenvalue weighted by atomic mass is 16.5. The maximum absolute atomic E-state index is 12.8. The molecule has 1 fully saturated rings. The monoisotopic (exact) mass is 380 g/mol. The molecule has 1 aliphatic heterocycles. The summed E-state index contributed by atoms with van der Waals surface area (Å²) in [4.78, 5) is 26.4. The first-order chi connectivity index (χ1) is 13.5. The van der Waals surface area contributed by atoms with Gasteiger partial charge in [0.2, 0.25) is 5.91 Å². The van der Waals surface area contributed by atoms with Gasteiger partial charge in [-0.3, -0.25) is 9.59 Å². The lowest BCUT2D eigenvalue weighted by molar-refractivity contribution is -0.128. The van der Waals surface area contributed by atoms with Crippen LogP contribution in [-0.4, -0.2) is 30.4 Å². The van der Waals surface area contributed by atoms with Gasteiger partial charge in [0, 0.05) is 25.1 Å². The van der Waals surface area contributed by atoms with Crippen LogP contribution in [0.4, 0.5) is 0 Å². The van der Waals surface area contributed by atoms with Gasteiger partial charge in [-0.25, -0.2) is 0 Å². The first-order valence-corrected chi connectivity index (χ1v) is 9.79. The molecule has 5 heteroatoms. The Morgan fingerprint density at radius 3 is 2.32 bits per heavy atom. The minimum absolute atomic E-state index is 0.0831. The fraction of sp³-hybridized carbons (Fsp3) is 0.391. The van der Waals surface area contributed by atoms with Crippen molar-refractivity contribution in [1.29, 1.82) is 0 Å². The molecule has 0 saturated carbocycles. The third-order valence-corrected chi connectivity index (χ3v) is 5.19. The Morgan fingerprint density at radius 1 is 1.11 bits per heavy atom. The van der Waals surface area contributed by atoms with Crippen LogP contribution in [0, 0.1) is 5.92 Å². The Balaban J connectivity index is 1.66. The van der Waals surface area contributed by atoms with Gasteiger partial charge in [-0.05, 0) is 47.7 Å². The molecule has 0 radical (unpaired) electrons. The minimum Gasteiger partial charge on any atom is -0.497 e. The van der Waals surface area contributed by atoms with Crippen molar-refractivity contribution in [2.75, 3.05) is 13.7 Å². The number of hydrogen-bond acceptors (Lipinski definition) is 3. The van der Waals surface area contributed by atoms with Crippen molar-refractivity contribution >= 4 is 11.8 Å². The van der Waals surface area contributed by atoms with E-state index in [0.29, 0.717) is 18.5 Å². The fourth-order valence-corrected chi connectivity index (χ4v) is 3.52. The van der Waals surface area contributed by atoms with E-state index in [-0.39, 0.29) is 23.8 Å². The molecule has 5 nitrogen and oxygen atoms in total. The second kappa shape index (κ2) is 8.91. The van der Waals surface area contributed by atoms with Gasteiger partial charge in [-0.2, -0.15) is 0 Å². The number of carbonyl (C=O) groups excluding carboxylic acids is 2. The van der Waals surface area contributed by atoms with E-state index in [1.165, 1.54) is 0 Å². The Morgan fingerprint density at radius 2 is 1.79 bits per heavy atom. The van der Waals surface area contributed by atoms with Crippen LogP contribution in [-0.2, 0) is 11.3 Å². The van der Waals surface area contributed by atoms with E-state index in [9.17, 15) is 9.59 Å². The summed E-state index contributed by atoms with van der Waals surface area (Å²) in [6, 6.07) is 15.2. The second-order valence-corrected chi connectivity index (χ2v) is 7.58. The highest BCUT2D eigenvalue weighted by Gasteiger charge is 2.21. The molecule has 1 heterocycles. The molecule has 1 aliphatic rings. The molecule has 2 aromatic carbocycles. The van der Waals surface area contributed by atoms with Gasteiger partial charge < -0.3 is 15.0 Å². The van der Waals surface area contributed by atoms with Crippen molar-refractivity contribution in [3.8, 4) is 5.75 Å². The summed E-state index contributed by atoms with van der Waals surface area (Å²) in [5.74, 6) is 1.15. The van der Waals surface area contributed by atoms with Gasteiger partial charge in [-0.15, -0.1) is 0 Å². The molecular formula is C23H28N2O3. The molecule has 148 valence electrons. The smallest absolute Gasteiger partial charge is 0.251 e. The average molecular weight is 380 g/mol. The number of carbonyl (C=O) groups is 2. The summed E-state index contributed by atoms with van der Waals surface area (Å²) < 4.78 is 5.21. The summed E-state index contributed by atoms with van der Waals surface area (Å²) in [5.41, 5.74) is 2.71. The average Bonchev–Trinajstić information content (AvgIpc) is 3.11. The number of benzene rings is 2. The maximum atomic E-state index is 12.8. The lowest BCUT2D eigenvalue weighted by atomic mass is 9.95. The number of amides is 2. The molecule has 1 saturated heterocycles. The van der Waals surface area contributed by atoms with E-state index in [4.69, 9.17) is 4.74 Å². The zero-order valence-corrected chi connectivity index (χ0v) is 16.8. The number of methoxy groups -OCH3 is 1. The molecule has 2 amide bonds. The first-order valence-electron chi connectivity index (χ1n) is 9.79. The Kier molecular flexibility index (Phi) is 6.34. The highest BCUT2D eigenvalue weighted by molar-refractivity contribution is 5.94. The molecule has 3 rings (SSSR count). The molecule has 28 heavy (non-hydrogen) atoms. The largest absolute Gasteiger partial charge is 0.497 e. The van der Waals surface area contributed by atoms with Gasteiger partial charge in [0.25, 0.3) is 5.91 Å². The lowest BCUT2D eigenvalue weighted by Gasteiger charge is -2.23. The van der Waals surface area contributed by atoms with Crippen molar-refractivity contribution in [2.45, 2.75) is 39.3 Å². The third kappa shape index (κ3) is 4.71. The van der Waals surface area contributed by atoms with E-state index in [2.05, 4.69) is 19.2 Å². The van der Waals surface area contributed by atoms with Crippen molar-refractivity contribution in [3.05, 3.63) is 65.2 Å². The molecule has 0 spiro atoms. The minimum atomic E-state index is -0.0988. The topological polar surface area (TPSA) is 58.6 Å². The predicted octanol–water partition coefficient (Wildman–Crippen LogP) is 3.94. The third-order valence-electron chi connectivity index (χ3n) is 5.19. The number of ether oxygens (including phenoxy) is 1. The Labute approximate surface area is 166 Å². The Hall–Kier alpha value is -2.82. The zero-order chi connectivity index (χ0) is 20.1. The predicted molar refractivity (Wildman–Crippen MR) is 109 cm³/mol. The fourth-order valence-electron chi connectivity index (χ4n) is 3.52. The van der Waals surface area contributed by atoms with Crippen molar-refractivity contribution in [2.24, 2.45) is 5.92 Å². The van der Waals surface area contributed by atoms with Gasteiger partial charge in [0.15, 0.2) is 0 Å². The number of nitrogens with one attached hydrogen (secondary N) is 1.